The molecular weight excluding hydrogens is 408 g/mol. The van der Waals surface area contributed by atoms with Crippen molar-refractivity contribution in [1.29, 1.82) is 0 Å². The molecule has 0 radical (unpaired) electrons. The first-order valence-electron chi connectivity index (χ1n) is 12.6. The average Bonchev–Trinajstić information content (AvgIpc) is 3.48. The highest BCUT2D eigenvalue weighted by molar-refractivity contribution is 6.07. The molecule has 176 valence electrons. The van der Waals surface area contributed by atoms with Crippen LogP contribution in [-0.2, 0) is 14.4 Å². The van der Waals surface area contributed by atoms with E-state index >= 15 is 0 Å². The molecule has 3 heterocycles. The maximum atomic E-state index is 13.4. The van der Waals surface area contributed by atoms with Gasteiger partial charge in [-0.2, -0.15) is 0 Å². The monoisotopic (exact) mass is 444 g/mol. The summed E-state index contributed by atoms with van der Waals surface area (Å²) in [6.45, 7) is 6.00. The summed E-state index contributed by atoms with van der Waals surface area (Å²) >= 11 is 0. The van der Waals surface area contributed by atoms with E-state index in [1.165, 1.54) is 30.6 Å². The zero-order chi connectivity index (χ0) is 22.6. The predicted octanol–water partition coefficient (Wildman–Crippen LogP) is 1.98. The number of nitrogens with one attached hydrogen (secondary N) is 1. The second-order valence-corrected chi connectivity index (χ2v) is 10.9. The molecule has 32 heavy (non-hydrogen) atoms. The maximum absolute atomic E-state index is 13.4. The molecule has 8 nitrogen and oxygen atoms in total. The molecule has 0 unspecified atom stereocenters. The molecule has 5 amide bonds. The zero-order valence-corrected chi connectivity index (χ0v) is 19.3. The smallest absolute Gasteiger partial charge is 0.325 e. The molecule has 5 fully saturated rings. The molecule has 8 heteroatoms. The molecule has 0 aromatic heterocycles. The quantitative estimate of drug-likeness (QED) is 0.674. The minimum absolute atomic E-state index is 0.0677. The van der Waals surface area contributed by atoms with Crippen LogP contribution >= 0.6 is 0 Å². The summed E-state index contributed by atoms with van der Waals surface area (Å²) in [6.07, 6.45) is 7.14. The van der Waals surface area contributed by atoms with Crippen LogP contribution in [0.1, 0.15) is 65.2 Å². The highest BCUT2D eigenvalue weighted by atomic mass is 16.2. The van der Waals surface area contributed by atoms with Crippen molar-refractivity contribution in [1.82, 2.24) is 20.0 Å². The molecule has 1 N–H and O–H groups in total. The lowest BCUT2D eigenvalue weighted by molar-refractivity contribution is -0.142. The first-order valence-corrected chi connectivity index (χ1v) is 12.6. The van der Waals surface area contributed by atoms with Crippen molar-refractivity contribution in [3.05, 3.63) is 0 Å². The third kappa shape index (κ3) is 3.50. The minimum atomic E-state index is -0.874. The van der Waals surface area contributed by atoms with Gasteiger partial charge in [0.25, 0.3) is 5.91 Å². The van der Waals surface area contributed by atoms with Crippen molar-refractivity contribution in [2.45, 2.75) is 76.8 Å². The second kappa shape index (κ2) is 8.03. The van der Waals surface area contributed by atoms with Gasteiger partial charge in [0.05, 0.1) is 0 Å². The minimum Gasteiger partial charge on any atom is -0.342 e. The molecule has 3 aliphatic heterocycles. The molecule has 2 saturated carbocycles. The van der Waals surface area contributed by atoms with E-state index in [4.69, 9.17) is 0 Å². The van der Waals surface area contributed by atoms with Gasteiger partial charge in [-0.15, -0.1) is 0 Å². The van der Waals surface area contributed by atoms with Gasteiger partial charge in [0.15, 0.2) is 0 Å². The lowest BCUT2D eigenvalue weighted by Crippen LogP contribution is -2.57. The van der Waals surface area contributed by atoms with Crippen LogP contribution in [0.2, 0.25) is 0 Å². The summed E-state index contributed by atoms with van der Waals surface area (Å²) in [5, 5.41) is 2.97. The second-order valence-electron chi connectivity index (χ2n) is 10.9. The Morgan fingerprint density at radius 3 is 2.06 bits per heavy atom. The van der Waals surface area contributed by atoms with Crippen molar-refractivity contribution >= 4 is 23.8 Å². The van der Waals surface area contributed by atoms with E-state index in [0.717, 1.165) is 0 Å². The molecule has 1 spiro atoms. The number of nitrogens with zero attached hydrogens (tertiary/aromatic N) is 3. The number of fused-ring (bicyclic) bond motifs is 1. The highest BCUT2D eigenvalue weighted by Gasteiger charge is 2.57. The van der Waals surface area contributed by atoms with Gasteiger partial charge in [-0.1, -0.05) is 26.7 Å². The molecular formula is C24H36N4O4. The van der Waals surface area contributed by atoms with Crippen LogP contribution < -0.4 is 5.32 Å². The van der Waals surface area contributed by atoms with Crippen LogP contribution in [0.3, 0.4) is 0 Å². The summed E-state index contributed by atoms with van der Waals surface area (Å²) in [5.74, 6) is 1.63. The van der Waals surface area contributed by atoms with E-state index in [-0.39, 0.29) is 35.7 Å². The number of piperidine rings is 2. The van der Waals surface area contributed by atoms with Crippen LogP contribution in [0.5, 0.6) is 0 Å². The number of urea groups is 1. The van der Waals surface area contributed by atoms with Gasteiger partial charge in [0, 0.05) is 44.1 Å². The van der Waals surface area contributed by atoms with Gasteiger partial charge in [-0.25, -0.2) is 4.79 Å². The molecule has 0 bridgehead atoms. The van der Waals surface area contributed by atoms with E-state index in [1.54, 1.807) is 4.90 Å². The first-order chi connectivity index (χ1) is 15.3. The maximum Gasteiger partial charge on any atom is 0.325 e. The first kappa shape index (κ1) is 21.7. The standard InChI is InChI=1S/C24H36N4O4/c1-15(2)20(29)27-13-9-24(10-14-27)22(31)28(23(32)25-24)16-7-11-26(12-8-16)21(30)19-17-5-3-4-6-18(17)19/h15-19H,3-14H2,1-2H3,(H,25,32)/t17-,18-/m1/s1. The van der Waals surface area contributed by atoms with Crippen molar-refractivity contribution in [3.63, 3.8) is 0 Å². The van der Waals surface area contributed by atoms with Crippen LogP contribution in [-0.4, -0.2) is 76.2 Å². The van der Waals surface area contributed by atoms with Crippen molar-refractivity contribution in [3.8, 4) is 0 Å². The molecule has 2 aliphatic carbocycles. The fraction of sp³-hybridized carbons (Fsp3) is 0.833. The van der Waals surface area contributed by atoms with Crippen molar-refractivity contribution in [2.75, 3.05) is 26.2 Å². The number of hydrogen-bond acceptors (Lipinski definition) is 4. The summed E-state index contributed by atoms with van der Waals surface area (Å²) < 4.78 is 0. The van der Waals surface area contributed by atoms with Gasteiger partial charge in [-0.05, 0) is 50.4 Å². The number of likely N-dealkylation sites (tertiary alicyclic amines) is 2. The van der Waals surface area contributed by atoms with Crippen LogP contribution in [0, 0.1) is 23.7 Å². The number of carbonyl (C=O) groups is 4. The van der Waals surface area contributed by atoms with Gasteiger partial charge in [0.2, 0.25) is 11.8 Å². The summed E-state index contributed by atoms with van der Waals surface area (Å²) in [5.41, 5.74) is -0.874. The summed E-state index contributed by atoms with van der Waals surface area (Å²) in [4.78, 5) is 56.7. The molecule has 2 atom stereocenters. The average molecular weight is 445 g/mol. The van der Waals surface area contributed by atoms with Gasteiger partial charge in [-0.3, -0.25) is 19.3 Å². The Morgan fingerprint density at radius 2 is 1.50 bits per heavy atom. The number of hydrogen-bond donors (Lipinski definition) is 1. The van der Waals surface area contributed by atoms with Crippen LogP contribution in [0.25, 0.3) is 0 Å². The van der Waals surface area contributed by atoms with Crippen molar-refractivity contribution in [2.24, 2.45) is 23.7 Å². The Kier molecular flexibility index (Phi) is 5.45. The summed E-state index contributed by atoms with van der Waals surface area (Å²) in [6, 6.07) is -0.459. The fourth-order valence-corrected chi connectivity index (χ4v) is 6.70. The number of amides is 5. The summed E-state index contributed by atoms with van der Waals surface area (Å²) in [7, 11) is 0. The Balaban J connectivity index is 1.17. The zero-order valence-electron chi connectivity index (χ0n) is 19.3. The van der Waals surface area contributed by atoms with Crippen LogP contribution in [0.15, 0.2) is 0 Å². The highest BCUT2D eigenvalue weighted by Crippen LogP contribution is 2.56. The predicted molar refractivity (Wildman–Crippen MR) is 117 cm³/mol. The third-order valence-electron chi connectivity index (χ3n) is 8.70. The largest absolute Gasteiger partial charge is 0.342 e. The molecule has 0 aromatic carbocycles. The van der Waals surface area contributed by atoms with E-state index in [1.807, 2.05) is 18.7 Å². The van der Waals surface area contributed by atoms with Crippen LogP contribution in [0.4, 0.5) is 4.79 Å². The van der Waals surface area contributed by atoms with Crippen molar-refractivity contribution < 1.29 is 19.2 Å². The Hall–Kier alpha value is -2.12. The Bertz CT molecular complexity index is 799. The molecule has 3 saturated heterocycles. The van der Waals surface area contributed by atoms with E-state index < -0.39 is 5.54 Å². The van der Waals surface area contributed by atoms with Gasteiger partial charge in [0.1, 0.15) is 5.54 Å². The lowest BCUT2D eigenvalue weighted by Gasteiger charge is -2.39. The van der Waals surface area contributed by atoms with Gasteiger partial charge >= 0.3 is 6.03 Å². The molecule has 5 rings (SSSR count). The number of imide groups is 1. The normalized spacial score (nSPS) is 32.3. The molecule has 5 aliphatic rings. The van der Waals surface area contributed by atoms with E-state index in [0.29, 0.717) is 69.6 Å². The fourth-order valence-electron chi connectivity index (χ4n) is 6.70. The Morgan fingerprint density at radius 1 is 0.906 bits per heavy atom. The lowest BCUT2D eigenvalue weighted by atomic mass is 9.86. The topological polar surface area (TPSA) is 90.0 Å². The third-order valence-corrected chi connectivity index (χ3v) is 8.70. The van der Waals surface area contributed by atoms with E-state index in [2.05, 4.69) is 5.32 Å². The SMILES string of the molecule is CC(C)C(=O)N1CCC2(CC1)NC(=O)N(C1CCN(C(=O)C3[C@@H]4CCCC[C@@H]34)CC1)C2=O. The molecule has 0 aromatic rings. The Labute approximate surface area is 190 Å². The van der Waals surface area contributed by atoms with Gasteiger partial charge < -0.3 is 15.1 Å². The number of carbonyl (C=O) groups excluding carboxylic acids is 4. The van der Waals surface area contributed by atoms with E-state index in [9.17, 15) is 19.2 Å². The number of rotatable bonds is 3.